The van der Waals surface area contributed by atoms with E-state index < -0.39 is 22.2 Å². The van der Waals surface area contributed by atoms with Crippen molar-refractivity contribution in [3.05, 3.63) is 17.7 Å². The maximum absolute atomic E-state index is 13.6. The highest BCUT2D eigenvalue weighted by Gasteiger charge is 2.41. The van der Waals surface area contributed by atoms with Crippen LogP contribution in [0.25, 0.3) is 0 Å². The minimum atomic E-state index is -3.90. The molecule has 1 aromatic rings. The number of amides is 2. The van der Waals surface area contributed by atoms with Gasteiger partial charge in [-0.25, -0.2) is 8.42 Å². The number of hydrogen-bond donors (Lipinski definition) is 2. The van der Waals surface area contributed by atoms with Crippen molar-refractivity contribution in [2.45, 2.75) is 94.7 Å². The first-order valence-electron chi connectivity index (χ1n) is 11.7. The lowest BCUT2D eigenvalue weighted by Crippen LogP contribution is -2.49. The van der Waals surface area contributed by atoms with Crippen LogP contribution in [0.15, 0.2) is 17.0 Å². The van der Waals surface area contributed by atoms with Gasteiger partial charge in [0, 0.05) is 18.7 Å². The summed E-state index contributed by atoms with van der Waals surface area (Å²) in [5.41, 5.74) is 0.970. The predicted molar refractivity (Wildman–Crippen MR) is 121 cm³/mol. The normalized spacial score (nSPS) is 25.2. The zero-order valence-electron chi connectivity index (χ0n) is 18.9. The van der Waals surface area contributed by atoms with Gasteiger partial charge in [0.05, 0.1) is 10.6 Å². The number of carbonyl (C=O) groups is 2. The number of sulfonamides is 1. The van der Waals surface area contributed by atoms with Gasteiger partial charge in [0.2, 0.25) is 15.9 Å². The summed E-state index contributed by atoms with van der Waals surface area (Å²) < 4.78 is 34.2. The number of carbonyl (C=O) groups excluding carboxylic acids is 2. The number of hydrogen-bond acceptors (Lipinski definition) is 5. The summed E-state index contributed by atoms with van der Waals surface area (Å²) in [7, 11) is -3.90. The Bertz CT molecular complexity index is 986. The molecular formula is C23H33N3O5S. The molecule has 9 heteroatoms. The monoisotopic (exact) mass is 463 g/mol. The molecular weight excluding hydrogens is 430 g/mol. The smallest absolute Gasteiger partial charge is 0.265 e. The van der Waals surface area contributed by atoms with Gasteiger partial charge in [0.25, 0.3) is 5.91 Å². The van der Waals surface area contributed by atoms with Crippen molar-refractivity contribution in [2.75, 3.05) is 11.9 Å². The summed E-state index contributed by atoms with van der Waals surface area (Å²) in [5.74, 6) is -0.126. The molecule has 1 saturated carbocycles. The maximum atomic E-state index is 13.6. The van der Waals surface area contributed by atoms with Gasteiger partial charge < -0.3 is 15.4 Å². The second kappa shape index (κ2) is 9.39. The van der Waals surface area contributed by atoms with E-state index in [9.17, 15) is 18.0 Å². The van der Waals surface area contributed by atoms with E-state index in [0.29, 0.717) is 36.4 Å². The summed E-state index contributed by atoms with van der Waals surface area (Å²) in [6.07, 6.45) is 8.20. The summed E-state index contributed by atoms with van der Waals surface area (Å²) in [6, 6.07) is 2.52. The van der Waals surface area contributed by atoms with Crippen molar-refractivity contribution in [1.29, 1.82) is 0 Å². The standard InChI is InChI=1S/C23H33N3O5S/c1-15-13-18-20(31-16(2)22(27)25-18)14-21(15)32(29,30)26-12-8-11-19(26)23(28)24-17-9-6-4-3-5-7-10-17/h13-14,16-17,19H,3-12H2,1-2H3,(H,24,28)(H,25,27)/t16-,19+/m1/s1. The first-order valence-corrected chi connectivity index (χ1v) is 13.2. The highest BCUT2D eigenvalue weighted by atomic mass is 32.2. The molecule has 3 aliphatic rings. The summed E-state index contributed by atoms with van der Waals surface area (Å²) >= 11 is 0. The molecule has 8 nitrogen and oxygen atoms in total. The van der Waals surface area contributed by atoms with Crippen LogP contribution in [0, 0.1) is 6.92 Å². The minimum absolute atomic E-state index is 0.116. The molecule has 4 rings (SSSR count). The predicted octanol–water partition coefficient (Wildman–Crippen LogP) is 3.10. The highest BCUT2D eigenvalue weighted by molar-refractivity contribution is 7.89. The molecule has 0 radical (unpaired) electrons. The van der Waals surface area contributed by atoms with Gasteiger partial charge >= 0.3 is 0 Å². The SMILES string of the molecule is Cc1cc2c(cc1S(=O)(=O)N1CCC[C@H]1C(=O)NC1CCCCCCC1)O[C@H](C)C(=O)N2. The van der Waals surface area contributed by atoms with E-state index in [1.807, 2.05) is 0 Å². The van der Waals surface area contributed by atoms with Crippen LogP contribution >= 0.6 is 0 Å². The number of rotatable bonds is 4. The maximum Gasteiger partial charge on any atom is 0.265 e. The van der Waals surface area contributed by atoms with E-state index >= 15 is 0 Å². The topological polar surface area (TPSA) is 105 Å². The van der Waals surface area contributed by atoms with Crippen molar-refractivity contribution in [3.63, 3.8) is 0 Å². The average molecular weight is 464 g/mol. The molecule has 2 N–H and O–H groups in total. The number of nitrogens with zero attached hydrogens (tertiary/aromatic N) is 1. The van der Waals surface area contributed by atoms with Gasteiger partial charge in [-0.15, -0.1) is 0 Å². The van der Waals surface area contributed by atoms with Crippen LogP contribution in [0.4, 0.5) is 5.69 Å². The van der Waals surface area contributed by atoms with E-state index in [1.165, 1.54) is 29.6 Å². The third-order valence-electron chi connectivity index (χ3n) is 6.75. The molecule has 2 heterocycles. The lowest BCUT2D eigenvalue weighted by Gasteiger charge is -2.28. The van der Waals surface area contributed by atoms with Crippen molar-refractivity contribution in [2.24, 2.45) is 0 Å². The molecule has 176 valence electrons. The highest BCUT2D eigenvalue weighted by Crippen LogP contribution is 2.37. The fourth-order valence-electron chi connectivity index (χ4n) is 4.93. The molecule has 2 fully saturated rings. The molecule has 0 unspecified atom stereocenters. The van der Waals surface area contributed by atoms with Crippen molar-refractivity contribution >= 4 is 27.5 Å². The lowest BCUT2D eigenvalue weighted by atomic mass is 9.96. The Morgan fingerprint density at radius 1 is 1.09 bits per heavy atom. The van der Waals surface area contributed by atoms with Crippen LogP contribution in [0.5, 0.6) is 5.75 Å². The fourth-order valence-corrected chi connectivity index (χ4v) is 6.81. The van der Waals surface area contributed by atoms with Crippen LogP contribution in [0.3, 0.4) is 0 Å². The Hall–Kier alpha value is -2.13. The lowest BCUT2D eigenvalue weighted by molar-refractivity contribution is -0.125. The van der Waals surface area contributed by atoms with E-state index in [1.54, 1.807) is 19.9 Å². The number of nitrogens with one attached hydrogen (secondary N) is 2. The molecule has 0 spiro atoms. The van der Waals surface area contributed by atoms with Gasteiger partial charge in [-0.3, -0.25) is 9.59 Å². The number of fused-ring (bicyclic) bond motifs is 1. The van der Waals surface area contributed by atoms with E-state index in [-0.39, 0.29) is 22.8 Å². The number of benzene rings is 1. The Balaban J connectivity index is 1.54. The summed E-state index contributed by atoms with van der Waals surface area (Å²) in [5, 5.41) is 5.88. The molecule has 2 amide bonds. The average Bonchev–Trinajstić information content (AvgIpc) is 3.22. The van der Waals surface area contributed by atoms with Crippen molar-refractivity contribution in [3.8, 4) is 5.75 Å². The molecule has 0 bridgehead atoms. The van der Waals surface area contributed by atoms with Crippen LogP contribution in [0.2, 0.25) is 0 Å². The van der Waals surface area contributed by atoms with E-state index in [0.717, 1.165) is 25.7 Å². The Labute approximate surface area is 190 Å². The quantitative estimate of drug-likeness (QED) is 0.714. The zero-order valence-corrected chi connectivity index (χ0v) is 19.7. The van der Waals surface area contributed by atoms with Gasteiger partial charge in [-0.05, 0) is 51.2 Å². The van der Waals surface area contributed by atoms with Crippen LogP contribution in [0.1, 0.15) is 70.3 Å². The molecule has 1 aromatic carbocycles. The number of anilines is 1. The Morgan fingerprint density at radius 3 is 2.50 bits per heavy atom. The third-order valence-corrected chi connectivity index (χ3v) is 8.80. The first kappa shape index (κ1) is 23.0. The number of aryl methyl sites for hydroxylation is 1. The second-order valence-electron chi connectivity index (χ2n) is 9.19. The third kappa shape index (κ3) is 4.64. The molecule has 2 aliphatic heterocycles. The summed E-state index contributed by atoms with van der Waals surface area (Å²) in [6.45, 7) is 3.62. The Morgan fingerprint density at radius 2 is 1.78 bits per heavy atom. The summed E-state index contributed by atoms with van der Waals surface area (Å²) in [4.78, 5) is 25.1. The van der Waals surface area contributed by atoms with Crippen molar-refractivity contribution in [1.82, 2.24) is 9.62 Å². The molecule has 32 heavy (non-hydrogen) atoms. The fraction of sp³-hybridized carbons (Fsp3) is 0.652. The molecule has 1 aliphatic carbocycles. The number of ether oxygens (including phenoxy) is 1. The van der Waals surface area contributed by atoms with E-state index in [2.05, 4.69) is 10.6 Å². The molecule has 1 saturated heterocycles. The zero-order chi connectivity index (χ0) is 22.9. The first-order chi connectivity index (χ1) is 15.3. The van der Waals surface area contributed by atoms with Crippen LogP contribution in [-0.2, 0) is 19.6 Å². The molecule has 0 aromatic heterocycles. The van der Waals surface area contributed by atoms with Gasteiger partial charge in [0.1, 0.15) is 11.8 Å². The van der Waals surface area contributed by atoms with Crippen molar-refractivity contribution < 1.29 is 22.7 Å². The minimum Gasteiger partial charge on any atom is -0.479 e. The van der Waals surface area contributed by atoms with Gasteiger partial charge in [-0.1, -0.05) is 32.1 Å². The Kier molecular flexibility index (Phi) is 6.76. The molecule has 2 atom stereocenters. The second-order valence-corrected chi connectivity index (χ2v) is 11.0. The van der Waals surface area contributed by atoms with Gasteiger partial charge in [-0.2, -0.15) is 4.31 Å². The largest absolute Gasteiger partial charge is 0.479 e. The van der Waals surface area contributed by atoms with Crippen LogP contribution in [-0.4, -0.2) is 49.3 Å². The van der Waals surface area contributed by atoms with E-state index in [4.69, 9.17) is 4.74 Å². The van der Waals surface area contributed by atoms with Crippen LogP contribution < -0.4 is 15.4 Å². The van der Waals surface area contributed by atoms with Gasteiger partial charge in [0.15, 0.2) is 6.10 Å².